The van der Waals surface area contributed by atoms with Gasteiger partial charge in [0.25, 0.3) is 0 Å². The summed E-state index contributed by atoms with van der Waals surface area (Å²) in [6.07, 6.45) is -2.07. The lowest BCUT2D eigenvalue weighted by Gasteiger charge is -2.21. The second-order valence-corrected chi connectivity index (χ2v) is 5.90. The first kappa shape index (κ1) is 18.7. The molecule has 1 amide bonds. The second kappa shape index (κ2) is 7.30. The fourth-order valence-electron chi connectivity index (χ4n) is 1.75. The Morgan fingerprint density at radius 1 is 1.30 bits per heavy atom. The topological polar surface area (TPSA) is 131 Å². The van der Waals surface area contributed by atoms with Crippen LogP contribution in [0, 0.1) is 0 Å². The van der Waals surface area contributed by atoms with E-state index in [0.717, 1.165) is 0 Å². The van der Waals surface area contributed by atoms with Crippen LogP contribution in [-0.4, -0.2) is 41.0 Å². The first-order valence-electron chi connectivity index (χ1n) is 6.89. The number of anilines is 1. The number of carboxylic acids is 1. The lowest BCUT2D eigenvalue weighted by Crippen LogP contribution is -2.36. The van der Waals surface area contributed by atoms with Gasteiger partial charge in [-0.05, 0) is 38.5 Å². The molecule has 1 aromatic carbocycles. The number of aliphatic carboxylic acids is 1. The Bertz CT molecular complexity index is 582. The van der Waals surface area contributed by atoms with Crippen LogP contribution < -0.4 is 15.8 Å². The number of methoxy groups -OCH3 is 1. The van der Waals surface area contributed by atoms with Crippen LogP contribution in [0.1, 0.15) is 32.4 Å². The predicted molar refractivity (Wildman–Crippen MR) is 83.4 cm³/mol. The number of nitrogens with two attached hydrogens (primary N) is 1. The average Bonchev–Trinajstić information content (AvgIpc) is 2.43. The SMILES string of the molecule is COc1cc(C(O)C(N)C(=O)O)ccc1NC(=O)OC(C)(C)C. The second-order valence-electron chi connectivity index (χ2n) is 5.90. The number of carbonyl (C=O) groups is 2. The third-order valence-corrected chi connectivity index (χ3v) is 2.83. The summed E-state index contributed by atoms with van der Waals surface area (Å²) < 4.78 is 10.3. The van der Waals surface area contributed by atoms with Crippen LogP contribution in [-0.2, 0) is 9.53 Å². The van der Waals surface area contributed by atoms with Crippen molar-refractivity contribution in [2.75, 3.05) is 12.4 Å². The summed E-state index contributed by atoms with van der Waals surface area (Å²) in [5.41, 5.74) is 5.32. The Labute approximate surface area is 134 Å². The van der Waals surface area contributed by atoms with E-state index in [9.17, 15) is 14.7 Å². The molecule has 8 nitrogen and oxygen atoms in total. The molecular weight excluding hydrogens is 304 g/mol. The first-order chi connectivity index (χ1) is 10.5. The van der Waals surface area contributed by atoms with Gasteiger partial charge in [-0.1, -0.05) is 6.07 Å². The van der Waals surface area contributed by atoms with Gasteiger partial charge in [0.1, 0.15) is 23.5 Å². The van der Waals surface area contributed by atoms with Crippen molar-refractivity contribution in [3.8, 4) is 5.75 Å². The van der Waals surface area contributed by atoms with Crippen molar-refractivity contribution in [3.05, 3.63) is 23.8 Å². The monoisotopic (exact) mass is 326 g/mol. The molecular formula is C15H22N2O6. The first-order valence-corrected chi connectivity index (χ1v) is 6.89. The highest BCUT2D eigenvalue weighted by atomic mass is 16.6. The van der Waals surface area contributed by atoms with Gasteiger partial charge in [0.05, 0.1) is 12.8 Å². The molecule has 1 aromatic rings. The lowest BCUT2D eigenvalue weighted by molar-refractivity contribution is -0.141. The van der Waals surface area contributed by atoms with Crippen molar-refractivity contribution >= 4 is 17.7 Å². The lowest BCUT2D eigenvalue weighted by atomic mass is 10.0. The van der Waals surface area contributed by atoms with E-state index in [1.165, 1.54) is 25.3 Å². The van der Waals surface area contributed by atoms with E-state index in [4.69, 9.17) is 20.3 Å². The van der Waals surface area contributed by atoms with Gasteiger partial charge in [-0.2, -0.15) is 0 Å². The van der Waals surface area contributed by atoms with Crippen LogP contribution >= 0.6 is 0 Å². The number of rotatable bonds is 5. The van der Waals surface area contributed by atoms with Gasteiger partial charge in [0.2, 0.25) is 0 Å². The molecule has 0 aliphatic carbocycles. The summed E-state index contributed by atoms with van der Waals surface area (Å²) in [7, 11) is 1.38. The number of ether oxygens (including phenoxy) is 2. The smallest absolute Gasteiger partial charge is 0.412 e. The Balaban J connectivity index is 2.97. The fraction of sp³-hybridized carbons (Fsp3) is 0.467. The molecule has 1 rings (SSSR count). The number of benzene rings is 1. The van der Waals surface area contributed by atoms with E-state index in [0.29, 0.717) is 5.69 Å². The molecule has 0 saturated heterocycles. The van der Waals surface area contributed by atoms with E-state index in [1.54, 1.807) is 20.8 Å². The van der Waals surface area contributed by atoms with Crippen molar-refractivity contribution in [2.45, 2.75) is 38.5 Å². The third-order valence-electron chi connectivity index (χ3n) is 2.83. The van der Waals surface area contributed by atoms with Gasteiger partial charge in [-0.15, -0.1) is 0 Å². The molecule has 0 spiro atoms. The maximum Gasteiger partial charge on any atom is 0.412 e. The summed E-state index contributed by atoms with van der Waals surface area (Å²) in [5, 5.41) is 21.3. The molecule has 2 unspecified atom stereocenters. The molecule has 0 saturated carbocycles. The van der Waals surface area contributed by atoms with Crippen molar-refractivity contribution in [1.82, 2.24) is 0 Å². The number of carboxylic acid groups (broad SMARTS) is 1. The number of aliphatic hydroxyl groups is 1. The van der Waals surface area contributed by atoms with E-state index in [1.807, 2.05) is 0 Å². The standard InChI is InChI=1S/C15H22N2O6/c1-15(2,3)23-14(21)17-9-6-5-8(7-10(9)22-4)12(18)11(16)13(19)20/h5-7,11-12,18H,16H2,1-4H3,(H,17,21)(H,19,20). The van der Waals surface area contributed by atoms with Crippen LogP contribution in [0.2, 0.25) is 0 Å². The average molecular weight is 326 g/mol. The van der Waals surface area contributed by atoms with Crippen LogP contribution in [0.5, 0.6) is 5.75 Å². The zero-order valence-corrected chi connectivity index (χ0v) is 13.5. The predicted octanol–water partition coefficient (Wildman–Crippen LogP) is 1.49. The van der Waals surface area contributed by atoms with Crippen molar-refractivity contribution in [3.63, 3.8) is 0 Å². The number of hydrogen-bond acceptors (Lipinski definition) is 6. The minimum Gasteiger partial charge on any atom is -0.495 e. The molecule has 0 bridgehead atoms. The Kier molecular flexibility index (Phi) is 5.94. The van der Waals surface area contributed by atoms with E-state index < -0.39 is 29.8 Å². The van der Waals surface area contributed by atoms with Gasteiger partial charge >= 0.3 is 12.1 Å². The minimum absolute atomic E-state index is 0.241. The van der Waals surface area contributed by atoms with Gasteiger partial charge in [0, 0.05) is 0 Å². The zero-order chi connectivity index (χ0) is 17.8. The van der Waals surface area contributed by atoms with E-state index >= 15 is 0 Å². The molecule has 5 N–H and O–H groups in total. The van der Waals surface area contributed by atoms with Crippen LogP contribution in [0.4, 0.5) is 10.5 Å². The van der Waals surface area contributed by atoms with Gasteiger partial charge in [-0.3, -0.25) is 10.1 Å². The van der Waals surface area contributed by atoms with Gasteiger partial charge in [0.15, 0.2) is 0 Å². The summed E-state index contributed by atoms with van der Waals surface area (Å²) in [6, 6.07) is 2.85. The van der Waals surface area contributed by atoms with Crippen molar-refractivity contribution < 1.29 is 29.3 Å². The molecule has 2 atom stereocenters. The van der Waals surface area contributed by atoms with Crippen LogP contribution in [0.15, 0.2) is 18.2 Å². The molecule has 0 heterocycles. The van der Waals surface area contributed by atoms with Crippen molar-refractivity contribution in [2.24, 2.45) is 5.73 Å². The van der Waals surface area contributed by atoms with E-state index in [2.05, 4.69) is 5.32 Å². The summed E-state index contributed by atoms with van der Waals surface area (Å²) in [6.45, 7) is 5.20. The largest absolute Gasteiger partial charge is 0.495 e. The van der Waals surface area contributed by atoms with Gasteiger partial charge in [-0.25, -0.2) is 4.79 Å². The van der Waals surface area contributed by atoms with Crippen molar-refractivity contribution in [1.29, 1.82) is 0 Å². The fourth-order valence-corrected chi connectivity index (χ4v) is 1.75. The number of hydrogen-bond donors (Lipinski definition) is 4. The number of aliphatic hydroxyl groups excluding tert-OH is 1. The quantitative estimate of drug-likeness (QED) is 0.644. The van der Waals surface area contributed by atoms with Crippen LogP contribution in [0.3, 0.4) is 0 Å². The number of amides is 1. The summed E-state index contributed by atoms with van der Waals surface area (Å²) >= 11 is 0. The highest BCUT2D eigenvalue weighted by Crippen LogP contribution is 2.29. The van der Waals surface area contributed by atoms with Gasteiger partial charge < -0.3 is 25.4 Å². The number of nitrogens with one attached hydrogen (secondary N) is 1. The maximum atomic E-state index is 11.8. The number of carbonyl (C=O) groups excluding carboxylic acids is 1. The molecule has 0 aliphatic rings. The molecule has 8 heteroatoms. The molecule has 0 aliphatic heterocycles. The molecule has 0 aromatic heterocycles. The maximum absolute atomic E-state index is 11.8. The third kappa shape index (κ3) is 5.42. The normalized spacial score (nSPS) is 13.8. The van der Waals surface area contributed by atoms with Crippen LogP contribution in [0.25, 0.3) is 0 Å². The highest BCUT2D eigenvalue weighted by molar-refractivity contribution is 5.87. The zero-order valence-electron chi connectivity index (χ0n) is 13.5. The molecule has 0 radical (unpaired) electrons. The highest BCUT2D eigenvalue weighted by Gasteiger charge is 2.25. The molecule has 0 fully saturated rings. The summed E-state index contributed by atoms with van der Waals surface area (Å²) in [4.78, 5) is 22.6. The Morgan fingerprint density at radius 2 is 1.91 bits per heavy atom. The Hall–Kier alpha value is -2.32. The van der Waals surface area contributed by atoms with E-state index in [-0.39, 0.29) is 11.3 Å². The molecule has 128 valence electrons. The summed E-state index contributed by atoms with van der Waals surface area (Å²) in [5.74, 6) is -1.09. The minimum atomic E-state index is -1.47. The Morgan fingerprint density at radius 3 is 2.39 bits per heavy atom. The molecule has 23 heavy (non-hydrogen) atoms.